The molecule has 0 radical (unpaired) electrons. The van der Waals surface area contributed by atoms with Crippen molar-refractivity contribution in [1.29, 1.82) is 0 Å². The highest BCUT2D eigenvalue weighted by Gasteiger charge is 2.39. The quantitative estimate of drug-likeness (QED) is 0.693. The van der Waals surface area contributed by atoms with Crippen molar-refractivity contribution in [3.63, 3.8) is 0 Å². The molecule has 1 aromatic rings. The lowest BCUT2D eigenvalue weighted by atomic mass is 10.0. The first kappa shape index (κ1) is 20.0. The van der Waals surface area contributed by atoms with Gasteiger partial charge in [0.15, 0.2) is 0 Å². The zero-order valence-corrected chi connectivity index (χ0v) is 16.5. The van der Waals surface area contributed by atoms with Gasteiger partial charge in [-0.3, -0.25) is 24.6 Å². The van der Waals surface area contributed by atoms with Crippen molar-refractivity contribution in [2.24, 2.45) is 0 Å². The zero-order valence-electron chi connectivity index (χ0n) is 16.5. The van der Waals surface area contributed by atoms with E-state index in [2.05, 4.69) is 15.5 Å². The number of hydrogen-bond acceptors (Lipinski definition) is 5. The molecule has 4 rings (SSSR count). The average molecular weight is 402 g/mol. The highest BCUT2D eigenvalue weighted by molar-refractivity contribution is 6.05. The van der Waals surface area contributed by atoms with Crippen LogP contribution >= 0.6 is 0 Å². The highest BCUT2D eigenvalue weighted by Crippen LogP contribution is 2.29. The standard InChI is InChI=1S/C21H27FN4O3/c22-7-9-25(16-2-1-8-23-11-16)12-14-3-4-15-13-26(21(29)17(15)10-14)18-5-6-19(27)24-20(18)28/h3-4,10,16,18,23H,1-2,5-9,11-13H2,(H,24,27,28). The molecule has 1 aromatic carbocycles. The van der Waals surface area contributed by atoms with E-state index in [1.165, 1.54) is 0 Å². The maximum Gasteiger partial charge on any atom is 0.255 e. The third kappa shape index (κ3) is 4.18. The summed E-state index contributed by atoms with van der Waals surface area (Å²) in [4.78, 5) is 40.2. The van der Waals surface area contributed by atoms with Crippen LogP contribution in [0.1, 0.15) is 47.2 Å². The number of nitrogens with zero attached hydrogens (tertiary/aromatic N) is 2. The number of halogens is 1. The number of rotatable bonds is 6. The summed E-state index contributed by atoms with van der Waals surface area (Å²) in [6.07, 6.45) is 2.73. The van der Waals surface area contributed by atoms with Gasteiger partial charge < -0.3 is 10.2 Å². The number of nitrogens with one attached hydrogen (secondary N) is 2. The van der Waals surface area contributed by atoms with Crippen LogP contribution in [-0.2, 0) is 22.7 Å². The normalized spacial score (nSPS) is 24.8. The number of amides is 3. The van der Waals surface area contributed by atoms with Gasteiger partial charge in [0.05, 0.1) is 0 Å². The Morgan fingerprint density at radius 1 is 1.21 bits per heavy atom. The predicted octanol–water partition coefficient (Wildman–Crippen LogP) is 0.971. The molecule has 2 fully saturated rings. The first-order chi connectivity index (χ1) is 14.1. The van der Waals surface area contributed by atoms with Crippen LogP contribution in [0.3, 0.4) is 0 Å². The predicted molar refractivity (Wildman–Crippen MR) is 105 cm³/mol. The lowest BCUT2D eigenvalue weighted by molar-refractivity contribution is -0.136. The van der Waals surface area contributed by atoms with Crippen molar-refractivity contribution in [2.45, 2.75) is 50.9 Å². The molecule has 2 unspecified atom stereocenters. The molecule has 29 heavy (non-hydrogen) atoms. The van der Waals surface area contributed by atoms with Gasteiger partial charge in [-0.15, -0.1) is 0 Å². The van der Waals surface area contributed by atoms with Gasteiger partial charge in [-0.05, 0) is 43.0 Å². The van der Waals surface area contributed by atoms with E-state index in [9.17, 15) is 18.8 Å². The van der Waals surface area contributed by atoms with E-state index in [-0.39, 0.29) is 18.2 Å². The van der Waals surface area contributed by atoms with Gasteiger partial charge in [0.1, 0.15) is 12.7 Å². The van der Waals surface area contributed by atoms with E-state index in [1.807, 2.05) is 18.2 Å². The molecule has 3 aliphatic heterocycles. The molecule has 3 heterocycles. The minimum atomic E-state index is -0.604. The fourth-order valence-electron chi connectivity index (χ4n) is 4.58. The molecule has 8 heteroatoms. The molecule has 2 saturated heterocycles. The van der Waals surface area contributed by atoms with Crippen molar-refractivity contribution in [3.8, 4) is 0 Å². The SMILES string of the molecule is O=C1CCC(N2Cc3ccc(CN(CCF)C4CCCNC4)cc3C2=O)C(=O)N1. The minimum Gasteiger partial charge on any atom is -0.322 e. The summed E-state index contributed by atoms with van der Waals surface area (Å²) < 4.78 is 13.1. The number of piperidine rings is 2. The van der Waals surface area contributed by atoms with Crippen LogP contribution in [0.5, 0.6) is 0 Å². The summed E-state index contributed by atoms with van der Waals surface area (Å²) in [5, 5.41) is 5.69. The van der Waals surface area contributed by atoms with Gasteiger partial charge in [-0.25, -0.2) is 4.39 Å². The van der Waals surface area contributed by atoms with Crippen LogP contribution in [0.2, 0.25) is 0 Å². The second kappa shape index (κ2) is 8.59. The summed E-state index contributed by atoms with van der Waals surface area (Å²) in [5.41, 5.74) is 2.47. The maximum atomic E-state index is 13.1. The van der Waals surface area contributed by atoms with E-state index in [4.69, 9.17) is 0 Å². The van der Waals surface area contributed by atoms with Crippen molar-refractivity contribution in [1.82, 2.24) is 20.4 Å². The summed E-state index contributed by atoms with van der Waals surface area (Å²) in [7, 11) is 0. The fourth-order valence-corrected chi connectivity index (χ4v) is 4.58. The molecule has 0 aromatic heterocycles. The van der Waals surface area contributed by atoms with Crippen LogP contribution in [0.15, 0.2) is 18.2 Å². The van der Waals surface area contributed by atoms with Gasteiger partial charge in [0.2, 0.25) is 11.8 Å². The summed E-state index contributed by atoms with van der Waals surface area (Å²) in [6.45, 7) is 2.80. The molecule has 2 N–H and O–H groups in total. The molecule has 0 spiro atoms. The van der Waals surface area contributed by atoms with Crippen LogP contribution in [-0.4, -0.2) is 65.9 Å². The Morgan fingerprint density at radius 3 is 2.79 bits per heavy atom. The van der Waals surface area contributed by atoms with Gasteiger partial charge in [0, 0.05) is 44.2 Å². The van der Waals surface area contributed by atoms with E-state index in [1.54, 1.807) is 4.90 Å². The molecule has 2 atom stereocenters. The summed E-state index contributed by atoms with van der Waals surface area (Å²) in [5.74, 6) is -0.864. The first-order valence-corrected chi connectivity index (χ1v) is 10.3. The molecule has 3 aliphatic rings. The molecular weight excluding hydrogens is 375 g/mol. The largest absolute Gasteiger partial charge is 0.322 e. The van der Waals surface area contributed by atoms with Gasteiger partial charge in [0.25, 0.3) is 5.91 Å². The topological polar surface area (TPSA) is 81.8 Å². The van der Waals surface area contributed by atoms with Gasteiger partial charge in [-0.2, -0.15) is 0 Å². The Bertz CT molecular complexity index is 809. The van der Waals surface area contributed by atoms with Crippen LogP contribution in [0, 0.1) is 0 Å². The third-order valence-corrected chi connectivity index (χ3v) is 6.14. The molecule has 0 saturated carbocycles. The van der Waals surface area contributed by atoms with Crippen LogP contribution in [0.25, 0.3) is 0 Å². The van der Waals surface area contributed by atoms with Crippen LogP contribution < -0.4 is 10.6 Å². The van der Waals surface area contributed by atoms with E-state index >= 15 is 0 Å². The molecule has 156 valence electrons. The van der Waals surface area contributed by atoms with Crippen molar-refractivity contribution in [3.05, 3.63) is 34.9 Å². The van der Waals surface area contributed by atoms with E-state index in [0.29, 0.717) is 37.7 Å². The van der Waals surface area contributed by atoms with Gasteiger partial charge >= 0.3 is 0 Å². The van der Waals surface area contributed by atoms with Crippen LogP contribution in [0.4, 0.5) is 4.39 Å². The Balaban J connectivity index is 1.48. The monoisotopic (exact) mass is 402 g/mol. The Labute approximate surface area is 169 Å². The Kier molecular flexibility index (Phi) is 5.91. The zero-order chi connectivity index (χ0) is 20.4. The van der Waals surface area contributed by atoms with Crippen molar-refractivity contribution < 1.29 is 18.8 Å². The molecule has 3 amide bonds. The maximum absolute atomic E-state index is 13.1. The molecule has 0 aliphatic carbocycles. The Morgan fingerprint density at radius 2 is 2.07 bits per heavy atom. The Hall–Kier alpha value is -2.32. The lowest BCUT2D eigenvalue weighted by Gasteiger charge is -2.34. The third-order valence-electron chi connectivity index (χ3n) is 6.14. The molecule has 7 nitrogen and oxygen atoms in total. The smallest absolute Gasteiger partial charge is 0.255 e. The first-order valence-electron chi connectivity index (χ1n) is 10.3. The molecule has 0 bridgehead atoms. The van der Waals surface area contributed by atoms with Crippen molar-refractivity contribution >= 4 is 17.7 Å². The number of benzene rings is 1. The second-order valence-electron chi connectivity index (χ2n) is 8.05. The lowest BCUT2D eigenvalue weighted by Crippen LogP contribution is -2.52. The number of hydrogen-bond donors (Lipinski definition) is 2. The summed E-state index contributed by atoms with van der Waals surface area (Å²) in [6, 6.07) is 5.49. The van der Waals surface area contributed by atoms with Gasteiger partial charge in [-0.1, -0.05) is 12.1 Å². The average Bonchev–Trinajstić information content (AvgIpc) is 3.04. The highest BCUT2D eigenvalue weighted by atomic mass is 19.1. The van der Waals surface area contributed by atoms with E-state index in [0.717, 1.165) is 37.1 Å². The fraction of sp³-hybridized carbons (Fsp3) is 0.571. The summed E-state index contributed by atoms with van der Waals surface area (Å²) >= 11 is 0. The van der Waals surface area contributed by atoms with Crippen molar-refractivity contribution in [2.75, 3.05) is 26.3 Å². The number of carbonyl (C=O) groups is 3. The minimum absolute atomic E-state index is 0.173. The number of carbonyl (C=O) groups excluding carboxylic acids is 3. The number of imide groups is 1. The second-order valence-corrected chi connectivity index (χ2v) is 8.05. The number of alkyl halides is 1. The number of fused-ring (bicyclic) bond motifs is 1. The van der Waals surface area contributed by atoms with E-state index < -0.39 is 18.6 Å². The molecular formula is C21H27FN4O3.